The molecule has 0 unspecified atom stereocenters. The van der Waals surface area contributed by atoms with Crippen molar-refractivity contribution in [1.29, 1.82) is 0 Å². The van der Waals surface area contributed by atoms with E-state index in [1.807, 2.05) is 0 Å². The van der Waals surface area contributed by atoms with Crippen molar-refractivity contribution in [1.82, 2.24) is 5.32 Å². The molecule has 19 heavy (non-hydrogen) atoms. The summed E-state index contributed by atoms with van der Waals surface area (Å²) in [5.41, 5.74) is 1.34. The molecule has 100 valence electrons. The van der Waals surface area contributed by atoms with Gasteiger partial charge >= 0.3 is 0 Å². The van der Waals surface area contributed by atoms with Crippen LogP contribution in [0.1, 0.15) is 11.1 Å². The van der Waals surface area contributed by atoms with Gasteiger partial charge in [-0.05, 0) is 35.9 Å². The summed E-state index contributed by atoms with van der Waals surface area (Å²) in [5.74, 6) is -0.632. The average Bonchev–Trinajstić information content (AvgIpc) is 2.36. The van der Waals surface area contributed by atoms with Gasteiger partial charge in [-0.25, -0.2) is 8.78 Å². The Morgan fingerprint density at radius 3 is 2.47 bits per heavy atom. The largest absolute Gasteiger partial charge is 0.308 e. The number of hydrogen-bond donors (Lipinski definition) is 1. The lowest BCUT2D eigenvalue weighted by Gasteiger charge is -2.08. The van der Waals surface area contributed by atoms with Crippen LogP contribution in [0.5, 0.6) is 0 Å². The Balaban J connectivity index is 1.98. The second-order valence-electron chi connectivity index (χ2n) is 4.08. The molecule has 0 aliphatic carbocycles. The molecule has 0 saturated heterocycles. The molecule has 0 spiro atoms. The maximum atomic E-state index is 13.5. The second-order valence-corrected chi connectivity index (χ2v) is 5.40. The van der Waals surface area contributed by atoms with E-state index in [9.17, 15) is 8.78 Å². The molecule has 2 aromatic carbocycles. The fraction of sp³-hybridized carbons (Fsp3) is 0.143. The van der Waals surface area contributed by atoms with E-state index in [4.69, 9.17) is 11.6 Å². The molecule has 2 aromatic rings. The molecule has 0 amide bonds. The van der Waals surface area contributed by atoms with Gasteiger partial charge < -0.3 is 5.32 Å². The predicted octanol–water partition coefficient (Wildman–Crippen LogP) is 4.67. The molecular formula is C14H11BrClF2N. The number of nitrogens with one attached hydrogen (secondary N) is 1. The summed E-state index contributed by atoms with van der Waals surface area (Å²) >= 11 is 9.20. The normalized spacial score (nSPS) is 10.7. The number of halogens is 4. The highest BCUT2D eigenvalue weighted by molar-refractivity contribution is 9.10. The summed E-state index contributed by atoms with van der Waals surface area (Å²) in [6, 6.07) is 9.00. The Kier molecular flexibility index (Phi) is 4.91. The molecule has 0 aliphatic rings. The Morgan fingerprint density at radius 1 is 1.00 bits per heavy atom. The minimum absolute atomic E-state index is 0.263. The SMILES string of the molecule is Fc1ccc(CNCc2cc(Br)ccc2F)c(Cl)c1. The minimum Gasteiger partial charge on any atom is -0.308 e. The molecule has 5 heteroatoms. The quantitative estimate of drug-likeness (QED) is 0.848. The minimum atomic E-state index is -0.369. The number of hydrogen-bond acceptors (Lipinski definition) is 1. The fourth-order valence-electron chi connectivity index (χ4n) is 1.68. The van der Waals surface area contributed by atoms with Gasteiger partial charge in [-0.15, -0.1) is 0 Å². The molecule has 0 saturated carbocycles. The highest BCUT2D eigenvalue weighted by Gasteiger charge is 2.04. The molecule has 0 aromatic heterocycles. The van der Waals surface area contributed by atoms with Gasteiger partial charge in [0.2, 0.25) is 0 Å². The van der Waals surface area contributed by atoms with E-state index in [1.54, 1.807) is 18.2 Å². The van der Waals surface area contributed by atoms with Gasteiger partial charge in [0.05, 0.1) is 0 Å². The molecule has 1 N–H and O–H groups in total. The van der Waals surface area contributed by atoms with Crippen LogP contribution in [0.2, 0.25) is 5.02 Å². The molecular weight excluding hydrogens is 336 g/mol. The fourth-order valence-corrected chi connectivity index (χ4v) is 2.32. The summed E-state index contributed by atoms with van der Waals surface area (Å²) in [5, 5.41) is 3.44. The van der Waals surface area contributed by atoms with E-state index < -0.39 is 0 Å². The molecule has 1 nitrogen and oxygen atoms in total. The number of benzene rings is 2. The summed E-state index contributed by atoms with van der Waals surface area (Å²) in [6.45, 7) is 0.823. The molecule has 0 bridgehead atoms. The third-order valence-electron chi connectivity index (χ3n) is 2.65. The van der Waals surface area contributed by atoms with Gasteiger partial charge in [-0.3, -0.25) is 0 Å². The average molecular weight is 347 g/mol. The molecule has 0 heterocycles. The summed E-state index contributed by atoms with van der Waals surface area (Å²) < 4.78 is 27.2. The van der Waals surface area contributed by atoms with Gasteiger partial charge in [-0.1, -0.05) is 33.6 Å². The lowest BCUT2D eigenvalue weighted by atomic mass is 10.2. The van der Waals surface area contributed by atoms with Crippen molar-refractivity contribution in [3.63, 3.8) is 0 Å². The first-order chi connectivity index (χ1) is 9.06. The zero-order chi connectivity index (χ0) is 13.8. The summed E-state index contributed by atoms with van der Waals surface area (Å²) in [4.78, 5) is 0. The standard InChI is InChI=1S/C14H11BrClF2N/c15-11-2-4-14(18)10(5-11)8-19-7-9-1-3-12(17)6-13(9)16/h1-6,19H,7-8H2. The highest BCUT2D eigenvalue weighted by atomic mass is 79.9. The van der Waals surface area contributed by atoms with Crippen molar-refractivity contribution >= 4 is 27.5 Å². The van der Waals surface area contributed by atoms with E-state index in [0.717, 1.165) is 10.0 Å². The van der Waals surface area contributed by atoms with Crippen LogP contribution in [0, 0.1) is 11.6 Å². The molecule has 0 aliphatic heterocycles. The Morgan fingerprint density at radius 2 is 1.74 bits per heavy atom. The second kappa shape index (κ2) is 6.46. The lowest BCUT2D eigenvalue weighted by Crippen LogP contribution is -2.14. The highest BCUT2D eigenvalue weighted by Crippen LogP contribution is 2.18. The summed E-state index contributed by atoms with van der Waals surface area (Å²) in [6.07, 6.45) is 0. The van der Waals surface area contributed by atoms with Crippen molar-refractivity contribution in [2.45, 2.75) is 13.1 Å². The van der Waals surface area contributed by atoms with Crippen LogP contribution in [0.15, 0.2) is 40.9 Å². The zero-order valence-corrected chi connectivity index (χ0v) is 12.2. The van der Waals surface area contributed by atoms with E-state index in [1.165, 1.54) is 18.2 Å². The Hall–Kier alpha value is -0.970. The first kappa shape index (κ1) is 14.4. The first-order valence-corrected chi connectivity index (χ1v) is 6.82. The van der Waals surface area contributed by atoms with Gasteiger partial charge in [0.15, 0.2) is 0 Å². The van der Waals surface area contributed by atoms with Crippen LogP contribution in [-0.2, 0) is 13.1 Å². The van der Waals surface area contributed by atoms with Crippen LogP contribution < -0.4 is 5.32 Å². The van der Waals surface area contributed by atoms with Gasteiger partial charge in [0, 0.05) is 28.1 Å². The first-order valence-electron chi connectivity index (χ1n) is 5.65. The van der Waals surface area contributed by atoms with Crippen molar-refractivity contribution in [3.8, 4) is 0 Å². The van der Waals surface area contributed by atoms with E-state index in [0.29, 0.717) is 23.7 Å². The van der Waals surface area contributed by atoms with Crippen LogP contribution in [0.25, 0.3) is 0 Å². The van der Waals surface area contributed by atoms with E-state index in [2.05, 4.69) is 21.2 Å². The van der Waals surface area contributed by atoms with Crippen molar-refractivity contribution in [3.05, 3.63) is 68.7 Å². The molecule has 0 atom stereocenters. The molecule has 0 radical (unpaired) electrons. The Bertz CT molecular complexity index is 590. The van der Waals surface area contributed by atoms with Gasteiger partial charge in [-0.2, -0.15) is 0 Å². The number of rotatable bonds is 4. The maximum Gasteiger partial charge on any atom is 0.127 e. The Labute approximate surface area is 123 Å². The third kappa shape index (κ3) is 4.00. The van der Waals surface area contributed by atoms with Crippen LogP contribution in [0.4, 0.5) is 8.78 Å². The van der Waals surface area contributed by atoms with Gasteiger partial charge in [0.25, 0.3) is 0 Å². The molecule has 2 rings (SSSR count). The topological polar surface area (TPSA) is 12.0 Å². The molecule has 0 fully saturated rings. The van der Waals surface area contributed by atoms with Crippen LogP contribution in [0.3, 0.4) is 0 Å². The van der Waals surface area contributed by atoms with Crippen molar-refractivity contribution in [2.75, 3.05) is 0 Å². The summed E-state index contributed by atoms with van der Waals surface area (Å²) in [7, 11) is 0. The lowest BCUT2D eigenvalue weighted by molar-refractivity contribution is 0.587. The van der Waals surface area contributed by atoms with E-state index >= 15 is 0 Å². The monoisotopic (exact) mass is 345 g/mol. The van der Waals surface area contributed by atoms with Gasteiger partial charge in [0.1, 0.15) is 11.6 Å². The van der Waals surface area contributed by atoms with Crippen LogP contribution in [-0.4, -0.2) is 0 Å². The van der Waals surface area contributed by atoms with Crippen molar-refractivity contribution < 1.29 is 8.78 Å². The zero-order valence-electron chi connectivity index (χ0n) is 9.89. The van der Waals surface area contributed by atoms with Crippen LogP contribution >= 0.6 is 27.5 Å². The smallest absolute Gasteiger partial charge is 0.127 e. The predicted molar refractivity (Wildman–Crippen MR) is 76.1 cm³/mol. The third-order valence-corrected chi connectivity index (χ3v) is 3.50. The van der Waals surface area contributed by atoms with E-state index in [-0.39, 0.29) is 11.6 Å². The van der Waals surface area contributed by atoms with Crippen molar-refractivity contribution in [2.24, 2.45) is 0 Å². The maximum absolute atomic E-state index is 13.5.